The number of benzene rings is 2. The van der Waals surface area contributed by atoms with Crippen molar-refractivity contribution in [2.24, 2.45) is 11.1 Å². The molecule has 3 heterocycles. The predicted octanol–water partition coefficient (Wildman–Crippen LogP) is 1.30. The van der Waals surface area contributed by atoms with E-state index in [4.69, 9.17) is 10.5 Å². The Morgan fingerprint density at radius 3 is 2.18 bits per heavy atom. The fourth-order valence-corrected chi connectivity index (χ4v) is 3.61. The van der Waals surface area contributed by atoms with Crippen LogP contribution in [0.25, 0.3) is 0 Å². The summed E-state index contributed by atoms with van der Waals surface area (Å²) in [4.78, 5) is 24.0. The number of hydrogen-bond donors (Lipinski definition) is 1. The molecule has 3 fully saturated rings. The second-order valence-corrected chi connectivity index (χ2v) is 7.76. The number of methoxy groups -OCH3 is 1. The zero-order valence-corrected chi connectivity index (χ0v) is 25.4. The number of carbonyl (C=O) groups excluding carboxylic acids is 2. The summed E-state index contributed by atoms with van der Waals surface area (Å²) < 4.78 is 21.4. The molecule has 0 atom stereocenters. The quantitative estimate of drug-likeness (QED) is 0.466. The van der Waals surface area contributed by atoms with Gasteiger partial charge in [-0.25, -0.2) is 14.0 Å². The molecule has 3 saturated heterocycles. The molecule has 2 bridgehead atoms. The molecule has 2 aromatic carbocycles. The molecule has 0 unspecified atom stereocenters. The molecule has 2 N–H and O–H groups in total. The van der Waals surface area contributed by atoms with Crippen molar-refractivity contribution in [1.29, 1.82) is 0 Å². The van der Waals surface area contributed by atoms with E-state index in [1.54, 1.807) is 18.2 Å². The molecular weight excluding hydrogens is 509 g/mol. The van der Waals surface area contributed by atoms with Crippen LogP contribution in [0, 0.1) is 37.7 Å². The molecule has 3 aliphatic rings. The first kappa shape index (κ1) is 32.9. The largest absolute Gasteiger partial charge is 1.00 e. The van der Waals surface area contributed by atoms with E-state index in [9.17, 15) is 14.0 Å². The SMILES string of the molecule is Fc1cc[c-]cc1.NC(=O)OCC12CCN(CC1)CC2.[CH2-]Cc1[c-]ccc(C(=O)OC)c1.[CH3-].[Rb+]. The summed E-state index contributed by atoms with van der Waals surface area (Å²) in [7, 11) is 1.36. The Labute approximate surface area is 252 Å². The van der Waals surface area contributed by atoms with E-state index in [1.165, 1.54) is 31.4 Å². The molecule has 0 saturated carbocycles. The number of fused-ring (bicyclic) bond motifs is 3. The standard InChI is InChI=1S/C10H10O2.C9H16N2O2.C6H4F.CH3.Rb/c1-3-8-5-4-6-9(7-8)10(11)12-2;10-8(12)13-7-9-1-4-11(5-2-9)6-3-9;7-6-4-2-1-3-5-6;;/h4,6-7H,1,3H2,2H3;1-7H2,(H2,10,12);2-5H;1H3;/q-2;;2*-1;+1. The summed E-state index contributed by atoms with van der Waals surface area (Å²) >= 11 is 0. The number of halogens is 1. The van der Waals surface area contributed by atoms with E-state index in [0.29, 0.717) is 18.6 Å². The maximum absolute atomic E-state index is 11.9. The van der Waals surface area contributed by atoms with Crippen LogP contribution in [0.5, 0.6) is 0 Å². The van der Waals surface area contributed by atoms with E-state index in [2.05, 4.69) is 28.7 Å². The molecule has 0 radical (unpaired) electrons. The van der Waals surface area contributed by atoms with Crippen molar-refractivity contribution in [1.82, 2.24) is 4.90 Å². The molecule has 182 valence electrons. The number of primary amides is 1. The van der Waals surface area contributed by atoms with Crippen LogP contribution in [0.4, 0.5) is 9.18 Å². The normalized spacial score (nSPS) is 19.4. The minimum atomic E-state index is -0.637. The molecule has 0 spiro atoms. The zero-order valence-electron chi connectivity index (χ0n) is 20.4. The first-order valence-corrected chi connectivity index (χ1v) is 10.5. The number of piperidine rings is 3. The van der Waals surface area contributed by atoms with Crippen molar-refractivity contribution < 1.29 is 81.6 Å². The monoisotopic (exact) mass is 541 g/mol. The molecule has 34 heavy (non-hydrogen) atoms. The Kier molecular flexibility index (Phi) is 16.8. The molecule has 2 aromatic rings. The Balaban J connectivity index is 0.000000486. The van der Waals surface area contributed by atoms with E-state index >= 15 is 0 Å². The number of amides is 1. The van der Waals surface area contributed by atoms with Gasteiger partial charge in [0.25, 0.3) is 0 Å². The van der Waals surface area contributed by atoms with Gasteiger partial charge in [-0.1, -0.05) is 0 Å². The van der Waals surface area contributed by atoms with Gasteiger partial charge in [-0.15, -0.1) is 12.1 Å². The predicted molar refractivity (Wildman–Crippen MR) is 126 cm³/mol. The van der Waals surface area contributed by atoms with Gasteiger partial charge in [0.15, 0.2) is 0 Å². The van der Waals surface area contributed by atoms with Crippen LogP contribution in [-0.4, -0.2) is 50.3 Å². The van der Waals surface area contributed by atoms with Gasteiger partial charge in [0.05, 0.1) is 13.7 Å². The number of nitrogens with zero attached hydrogens (tertiary/aromatic N) is 1. The van der Waals surface area contributed by atoms with Crippen molar-refractivity contribution >= 4 is 12.1 Å². The molecule has 0 aromatic heterocycles. The smallest absolute Gasteiger partial charge is 0.467 e. The number of ether oxygens (including phenoxy) is 2. The van der Waals surface area contributed by atoms with Crippen LogP contribution in [0.1, 0.15) is 35.2 Å². The number of rotatable bonds is 4. The molecule has 6 nitrogen and oxygen atoms in total. The van der Waals surface area contributed by atoms with E-state index in [0.717, 1.165) is 44.5 Å². The maximum Gasteiger partial charge on any atom is 1.00 e. The Bertz CT molecular complexity index is 845. The second kappa shape index (κ2) is 17.3. The van der Waals surface area contributed by atoms with Crippen molar-refractivity contribution in [2.45, 2.75) is 25.7 Å². The van der Waals surface area contributed by atoms with Crippen LogP contribution in [0.3, 0.4) is 0 Å². The zero-order chi connectivity index (χ0) is 23.4. The topological polar surface area (TPSA) is 81.9 Å². The Morgan fingerprint density at radius 1 is 1.15 bits per heavy atom. The third-order valence-electron chi connectivity index (χ3n) is 5.63. The van der Waals surface area contributed by atoms with Crippen molar-refractivity contribution in [2.75, 3.05) is 33.4 Å². The summed E-state index contributed by atoms with van der Waals surface area (Å²) in [6.07, 6.45) is 3.45. The van der Waals surface area contributed by atoms with Gasteiger partial charge in [-0.05, 0) is 44.5 Å². The van der Waals surface area contributed by atoms with Gasteiger partial charge in [-0.2, -0.15) is 54.4 Å². The van der Waals surface area contributed by atoms with E-state index < -0.39 is 6.09 Å². The van der Waals surface area contributed by atoms with Gasteiger partial charge < -0.3 is 34.5 Å². The van der Waals surface area contributed by atoms with Gasteiger partial charge in [0.2, 0.25) is 0 Å². The fourth-order valence-electron chi connectivity index (χ4n) is 3.61. The molecule has 3 aliphatic heterocycles. The average molecular weight is 542 g/mol. The third kappa shape index (κ3) is 11.5. The summed E-state index contributed by atoms with van der Waals surface area (Å²) in [5, 5.41) is 0. The maximum atomic E-state index is 11.9. The first-order valence-electron chi connectivity index (χ1n) is 10.5. The number of hydrogen-bond acceptors (Lipinski definition) is 5. The van der Waals surface area contributed by atoms with Crippen molar-refractivity contribution in [3.05, 3.63) is 85.9 Å². The van der Waals surface area contributed by atoms with Crippen LogP contribution < -0.4 is 63.9 Å². The average Bonchev–Trinajstić information content (AvgIpc) is 2.85. The Hall–Kier alpha value is -1.12. The fraction of sp³-hybridized carbons (Fsp3) is 0.385. The molecule has 8 heteroatoms. The molecule has 5 rings (SSSR count). The van der Waals surface area contributed by atoms with E-state index in [1.807, 2.05) is 0 Å². The molecule has 1 amide bonds. The van der Waals surface area contributed by atoms with Crippen LogP contribution >= 0.6 is 0 Å². The third-order valence-corrected chi connectivity index (χ3v) is 5.63. The van der Waals surface area contributed by atoms with Crippen LogP contribution in [0.15, 0.2) is 42.5 Å². The molecule has 0 aliphatic carbocycles. The van der Waals surface area contributed by atoms with Gasteiger partial charge in [0, 0.05) is 11.2 Å². The minimum Gasteiger partial charge on any atom is -0.467 e. The number of nitrogens with two attached hydrogens (primary N) is 1. The summed E-state index contributed by atoms with van der Waals surface area (Å²) in [6.45, 7) is 7.69. The van der Waals surface area contributed by atoms with Gasteiger partial charge in [0.1, 0.15) is 0 Å². The van der Waals surface area contributed by atoms with E-state index in [-0.39, 0.29) is 82.8 Å². The number of esters is 1. The second-order valence-electron chi connectivity index (χ2n) is 7.76. The van der Waals surface area contributed by atoms with Crippen LogP contribution in [0.2, 0.25) is 0 Å². The van der Waals surface area contributed by atoms with Crippen molar-refractivity contribution in [3.63, 3.8) is 0 Å². The first-order chi connectivity index (χ1) is 15.4. The van der Waals surface area contributed by atoms with Gasteiger partial charge in [-0.3, -0.25) is 0 Å². The van der Waals surface area contributed by atoms with Gasteiger partial charge >= 0.3 is 70.3 Å². The minimum absolute atomic E-state index is 0. The molecular formula is C26H33FN2O4Rb-3. The summed E-state index contributed by atoms with van der Waals surface area (Å²) in [5.41, 5.74) is 6.68. The summed E-state index contributed by atoms with van der Waals surface area (Å²) in [6, 6.07) is 16.6. The van der Waals surface area contributed by atoms with Crippen molar-refractivity contribution in [3.8, 4) is 0 Å². The number of carbonyl (C=O) groups is 2. The Morgan fingerprint density at radius 2 is 1.74 bits per heavy atom. The summed E-state index contributed by atoms with van der Waals surface area (Å²) in [5.74, 6) is -0.530. The van der Waals surface area contributed by atoms with Crippen LogP contribution in [-0.2, 0) is 15.9 Å².